The number of rotatable bonds is 6. The van der Waals surface area contributed by atoms with E-state index in [1.165, 1.54) is 5.56 Å². The van der Waals surface area contributed by atoms with E-state index in [1.54, 1.807) is 0 Å². The number of aliphatic carboxylic acids is 1. The summed E-state index contributed by atoms with van der Waals surface area (Å²) in [6.07, 6.45) is 1.69. The molecule has 2 N–H and O–H groups in total. The van der Waals surface area contributed by atoms with Gasteiger partial charge < -0.3 is 15.2 Å². The van der Waals surface area contributed by atoms with Gasteiger partial charge in [-0.1, -0.05) is 60.7 Å². The summed E-state index contributed by atoms with van der Waals surface area (Å²) in [5, 5.41) is 12.2. The molecule has 26 heavy (non-hydrogen) atoms. The molecule has 0 spiro atoms. The minimum Gasteiger partial charge on any atom is -0.480 e. The average molecular weight is 351 g/mol. The van der Waals surface area contributed by atoms with Crippen LogP contribution in [0.15, 0.2) is 60.7 Å². The van der Waals surface area contributed by atoms with Crippen LogP contribution in [0.5, 0.6) is 0 Å². The smallest absolute Gasteiger partial charge is 0.408 e. The van der Waals surface area contributed by atoms with Crippen molar-refractivity contribution >= 4 is 12.1 Å². The Balaban J connectivity index is 1.36. The molecular weight excluding hydrogens is 330 g/mol. The SMILES string of the molecule is O=C(NC(C(=O)O)C12CC(c3ccccc3)(C1)C2)OCc1ccccc1. The summed E-state index contributed by atoms with van der Waals surface area (Å²) < 4.78 is 5.19. The van der Waals surface area contributed by atoms with Crippen molar-refractivity contribution in [2.45, 2.75) is 37.3 Å². The molecule has 134 valence electrons. The molecule has 0 saturated heterocycles. The molecule has 3 aliphatic rings. The third-order valence-corrected chi connectivity index (χ3v) is 5.79. The van der Waals surface area contributed by atoms with Crippen LogP contribution >= 0.6 is 0 Å². The predicted octanol–water partition coefficient (Wildman–Crippen LogP) is 3.49. The fourth-order valence-electron chi connectivity index (χ4n) is 4.63. The Labute approximate surface area is 152 Å². The molecule has 5 heteroatoms. The highest BCUT2D eigenvalue weighted by Gasteiger charge is 2.72. The summed E-state index contributed by atoms with van der Waals surface area (Å²) in [7, 11) is 0. The normalized spacial score (nSPS) is 26.8. The first-order valence-corrected chi connectivity index (χ1v) is 8.79. The number of alkyl carbamates (subject to hydrolysis) is 1. The third kappa shape index (κ3) is 2.73. The number of carbonyl (C=O) groups excluding carboxylic acids is 1. The van der Waals surface area contributed by atoms with Crippen LogP contribution in [0.25, 0.3) is 0 Å². The second kappa shape index (κ2) is 6.16. The van der Waals surface area contributed by atoms with Gasteiger partial charge in [-0.2, -0.15) is 0 Å². The molecule has 5 rings (SSSR count). The van der Waals surface area contributed by atoms with Crippen molar-refractivity contribution in [3.63, 3.8) is 0 Å². The highest BCUT2D eigenvalue weighted by molar-refractivity contribution is 5.82. The Bertz CT molecular complexity index is 799. The summed E-state index contributed by atoms with van der Waals surface area (Å²) in [4.78, 5) is 23.8. The second-order valence-electron chi connectivity index (χ2n) is 7.52. The highest BCUT2D eigenvalue weighted by atomic mass is 16.5. The van der Waals surface area contributed by atoms with Crippen molar-refractivity contribution in [2.24, 2.45) is 5.41 Å². The van der Waals surface area contributed by atoms with Crippen LogP contribution in [-0.4, -0.2) is 23.2 Å². The van der Waals surface area contributed by atoms with Crippen LogP contribution in [0, 0.1) is 5.41 Å². The largest absolute Gasteiger partial charge is 0.480 e. The number of hydrogen-bond acceptors (Lipinski definition) is 3. The molecular formula is C21H21NO4. The van der Waals surface area contributed by atoms with E-state index in [-0.39, 0.29) is 17.4 Å². The van der Waals surface area contributed by atoms with Crippen LogP contribution < -0.4 is 5.32 Å². The fourth-order valence-corrected chi connectivity index (χ4v) is 4.63. The molecule has 0 aromatic heterocycles. The van der Waals surface area contributed by atoms with Gasteiger partial charge in [0.25, 0.3) is 0 Å². The minimum atomic E-state index is -0.997. The molecule has 3 aliphatic carbocycles. The number of benzene rings is 2. The molecule has 1 amide bonds. The molecule has 3 saturated carbocycles. The van der Waals surface area contributed by atoms with Gasteiger partial charge in [0.2, 0.25) is 0 Å². The summed E-state index contributed by atoms with van der Waals surface area (Å²) in [6, 6.07) is 18.6. The van der Waals surface area contributed by atoms with Crippen molar-refractivity contribution in [2.75, 3.05) is 0 Å². The van der Waals surface area contributed by atoms with E-state index in [0.29, 0.717) is 0 Å². The van der Waals surface area contributed by atoms with Crippen LogP contribution in [0.1, 0.15) is 30.4 Å². The first-order chi connectivity index (χ1) is 12.5. The van der Waals surface area contributed by atoms with E-state index in [1.807, 2.05) is 48.5 Å². The van der Waals surface area contributed by atoms with Gasteiger partial charge in [-0.15, -0.1) is 0 Å². The standard InChI is InChI=1S/C21H21NO4/c23-18(24)17(22-19(25)26-11-15-7-3-1-4-8-15)21-12-20(13-21,14-21)16-9-5-2-6-10-16/h1-10,17H,11-14H2,(H,22,25)(H,23,24). The third-order valence-electron chi connectivity index (χ3n) is 5.79. The van der Waals surface area contributed by atoms with Crippen LogP contribution in [0.4, 0.5) is 4.79 Å². The van der Waals surface area contributed by atoms with E-state index in [2.05, 4.69) is 17.4 Å². The lowest BCUT2D eigenvalue weighted by Crippen LogP contribution is -2.73. The molecule has 2 aromatic carbocycles. The lowest BCUT2D eigenvalue weighted by atomic mass is 9.31. The monoisotopic (exact) mass is 351 g/mol. The van der Waals surface area contributed by atoms with Crippen LogP contribution in [0.3, 0.4) is 0 Å². The predicted molar refractivity (Wildman–Crippen MR) is 95.6 cm³/mol. The molecule has 0 radical (unpaired) electrons. The van der Waals surface area contributed by atoms with Crippen molar-refractivity contribution in [1.82, 2.24) is 5.32 Å². The number of carboxylic acids is 1. The number of carboxylic acid groups (broad SMARTS) is 1. The van der Waals surface area contributed by atoms with Crippen LogP contribution in [0.2, 0.25) is 0 Å². The van der Waals surface area contributed by atoms with Crippen molar-refractivity contribution < 1.29 is 19.4 Å². The Morgan fingerprint density at radius 3 is 2.15 bits per heavy atom. The fraction of sp³-hybridized carbons (Fsp3) is 0.333. The first-order valence-electron chi connectivity index (χ1n) is 8.79. The van der Waals surface area contributed by atoms with Gasteiger partial charge in [-0.3, -0.25) is 0 Å². The lowest BCUT2D eigenvalue weighted by Gasteiger charge is -2.72. The second-order valence-corrected chi connectivity index (χ2v) is 7.52. The van der Waals surface area contributed by atoms with E-state index in [4.69, 9.17) is 4.74 Å². The maximum Gasteiger partial charge on any atom is 0.408 e. The Morgan fingerprint density at radius 2 is 1.58 bits per heavy atom. The summed E-state index contributed by atoms with van der Waals surface area (Å²) >= 11 is 0. The number of nitrogens with one attached hydrogen (secondary N) is 1. The molecule has 5 nitrogen and oxygen atoms in total. The topological polar surface area (TPSA) is 75.6 Å². The Morgan fingerprint density at radius 1 is 1.00 bits per heavy atom. The number of carbonyl (C=O) groups is 2. The Kier molecular flexibility index (Phi) is 3.94. The summed E-state index contributed by atoms with van der Waals surface area (Å²) in [6.45, 7) is 0.125. The molecule has 2 aromatic rings. The zero-order chi connectivity index (χ0) is 18.2. The van der Waals surface area contributed by atoms with E-state index in [9.17, 15) is 14.7 Å². The van der Waals surface area contributed by atoms with Crippen molar-refractivity contribution in [1.29, 1.82) is 0 Å². The van der Waals surface area contributed by atoms with E-state index in [0.717, 1.165) is 24.8 Å². The van der Waals surface area contributed by atoms with Crippen molar-refractivity contribution in [3.8, 4) is 0 Å². The zero-order valence-electron chi connectivity index (χ0n) is 14.4. The average Bonchev–Trinajstić information content (AvgIpc) is 2.58. The summed E-state index contributed by atoms with van der Waals surface area (Å²) in [5.74, 6) is -0.997. The highest BCUT2D eigenvalue weighted by Crippen LogP contribution is 2.74. The van der Waals surface area contributed by atoms with Gasteiger partial charge in [0.1, 0.15) is 12.6 Å². The number of ether oxygens (including phenoxy) is 1. The molecule has 1 unspecified atom stereocenters. The quantitative estimate of drug-likeness (QED) is 0.835. The maximum absolute atomic E-state index is 12.1. The van der Waals surface area contributed by atoms with Crippen LogP contribution in [-0.2, 0) is 21.6 Å². The maximum atomic E-state index is 12.1. The lowest BCUT2D eigenvalue weighted by molar-refractivity contribution is -0.183. The van der Waals surface area contributed by atoms with E-state index >= 15 is 0 Å². The zero-order valence-corrected chi connectivity index (χ0v) is 14.4. The van der Waals surface area contributed by atoms with Crippen molar-refractivity contribution in [3.05, 3.63) is 71.8 Å². The minimum absolute atomic E-state index is 0.0879. The van der Waals surface area contributed by atoms with E-state index < -0.39 is 18.1 Å². The molecule has 0 aliphatic heterocycles. The Hall–Kier alpha value is -2.82. The van der Waals surface area contributed by atoms with Gasteiger partial charge >= 0.3 is 12.1 Å². The van der Waals surface area contributed by atoms with Gasteiger partial charge in [0.15, 0.2) is 0 Å². The molecule has 2 bridgehead atoms. The van der Waals surface area contributed by atoms with Gasteiger partial charge in [0.05, 0.1) is 0 Å². The molecule has 3 fully saturated rings. The first kappa shape index (κ1) is 16.6. The van der Waals surface area contributed by atoms with Gasteiger partial charge in [0, 0.05) is 5.41 Å². The number of hydrogen-bond donors (Lipinski definition) is 2. The van der Waals surface area contributed by atoms with Gasteiger partial charge in [-0.25, -0.2) is 9.59 Å². The van der Waals surface area contributed by atoms with Gasteiger partial charge in [-0.05, 0) is 35.8 Å². The summed E-state index contributed by atoms with van der Waals surface area (Å²) in [5.41, 5.74) is 1.86. The molecule has 0 heterocycles. The number of amides is 1. The molecule has 1 atom stereocenters.